The number of benzene rings is 1. The van der Waals surface area contributed by atoms with Crippen molar-refractivity contribution in [2.75, 3.05) is 36.5 Å². The number of nitrogens with zero attached hydrogens (tertiary/aromatic N) is 4. The summed E-state index contributed by atoms with van der Waals surface area (Å²) in [7, 11) is 0. The highest BCUT2D eigenvalue weighted by atomic mass is 16.5. The van der Waals surface area contributed by atoms with E-state index in [4.69, 9.17) is 4.74 Å². The number of H-pyrrole nitrogens is 1. The van der Waals surface area contributed by atoms with Crippen molar-refractivity contribution in [3.63, 3.8) is 0 Å². The Morgan fingerprint density at radius 3 is 2.73 bits per heavy atom. The molecule has 0 unspecified atom stereocenters. The number of ether oxygens (including phenoxy) is 1. The normalized spacial score (nSPS) is 14.1. The van der Waals surface area contributed by atoms with E-state index in [1.807, 2.05) is 36.4 Å². The van der Waals surface area contributed by atoms with Crippen LogP contribution < -0.4 is 10.2 Å². The summed E-state index contributed by atoms with van der Waals surface area (Å²) >= 11 is 0. The molecule has 1 aliphatic rings. The van der Waals surface area contributed by atoms with Crippen LogP contribution in [0.4, 0.5) is 11.8 Å². The van der Waals surface area contributed by atoms with E-state index in [0.29, 0.717) is 30.4 Å². The maximum atomic E-state index is 12.8. The molecule has 8 nitrogen and oxygen atoms in total. The van der Waals surface area contributed by atoms with Crippen LogP contribution in [0, 0.1) is 0 Å². The van der Waals surface area contributed by atoms with Crippen LogP contribution in [0.15, 0.2) is 60.9 Å². The summed E-state index contributed by atoms with van der Waals surface area (Å²) in [5, 5.41) is 2.82. The van der Waals surface area contributed by atoms with Gasteiger partial charge in [-0.25, -0.2) is 9.97 Å². The minimum absolute atomic E-state index is 0.250. The summed E-state index contributed by atoms with van der Waals surface area (Å²) in [6.45, 7) is 3.01. The first-order chi connectivity index (χ1) is 14.8. The number of aromatic nitrogens is 4. The van der Waals surface area contributed by atoms with Crippen molar-refractivity contribution in [1.29, 1.82) is 0 Å². The van der Waals surface area contributed by atoms with Gasteiger partial charge in [-0.3, -0.25) is 15.1 Å². The lowest BCUT2D eigenvalue weighted by Gasteiger charge is -2.28. The number of pyridine rings is 2. The molecule has 1 aliphatic heterocycles. The van der Waals surface area contributed by atoms with Crippen molar-refractivity contribution in [3.05, 3.63) is 66.5 Å². The van der Waals surface area contributed by atoms with Crippen molar-refractivity contribution < 1.29 is 9.53 Å². The number of para-hydroxylation sites is 2. The van der Waals surface area contributed by atoms with E-state index in [1.165, 1.54) is 0 Å². The third-order valence-corrected chi connectivity index (χ3v) is 5.02. The number of nitrogens with one attached hydrogen (secondary N) is 2. The van der Waals surface area contributed by atoms with Crippen LogP contribution in [0.25, 0.3) is 22.3 Å². The van der Waals surface area contributed by atoms with Gasteiger partial charge in [-0.15, -0.1) is 0 Å². The minimum Gasteiger partial charge on any atom is -0.378 e. The van der Waals surface area contributed by atoms with E-state index in [1.54, 1.807) is 24.5 Å². The highest BCUT2D eigenvalue weighted by Crippen LogP contribution is 2.23. The Hall–Kier alpha value is -3.78. The van der Waals surface area contributed by atoms with Gasteiger partial charge >= 0.3 is 0 Å². The lowest BCUT2D eigenvalue weighted by molar-refractivity contribution is 0.102. The van der Waals surface area contributed by atoms with Crippen LogP contribution in [-0.2, 0) is 4.74 Å². The maximum absolute atomic E-state index is 12.8. The predicted octanol–water partition coefficient (Wildman–Crippen LogP) is 3.11. The second kappa shape index (κ2) is 7.92. The molecule has 2 N–H and O–H groups in total. The Morgan fingerprint density at radius 2 is 1.87 bits per heavy atom. The van der Waals surface area contributed by atoms with Gasteiger partial charge in [0.1, 0.15) is 5.82 Å². The Bertz CT molecular complexity index is 1170. The number of aromatic amines is 1. The monoisotopic (exact) mass is 400 g/mol. The molecule has 1 fully saturated rings. The van der Waals surface area contributed by atoms with Crippen LogP contribution in [-0.4, -0.2) is 52.1 Å². The Labute approximate surface area is 172 Å². The molecule has 0 atom stereocenters. The molecule has 150 valence electrons. The first kappa shape index (κ1) is 18.3. The Kier molecular flexibility index (Phi) is 4.82. The van der Waals surface area contributed by atoms with Gasteiger partial charge in [-0.1, -0.05) is 12.1 Å². The van der Waals surface area contributed by atoms with Gasteiger partial charge in [0.05, 0.1) is 29.9 Å². The summed E-state index contributed by atoms with van der Waals surface area (Å²) < 4.78 is 5.41. The molecular formula is C22H20N6O2. The topological polar surface area (TPSA) is 96.0 Å². The number of carbonyl (C=O) groups excluding carboxylic acids is 1. The first-order valence-electron chi connectivity index (χ1n) is 9.77. The molecule has 8 heteroatoms. The number of amides is 1. The molecule has 4 heterocycles. The molecule has 30 heavy (non-hydrogen) atoms. The van der Waals surface area contributed by atoms with Crippen LogP contribution in [0.3, 0.4) is 0 Å². The highest BCUT2D eigenvalue weighted by Gasteiger charge is 2.15. The SMILES string of the molecule is O=C(Nc1nc2ccccc2[nH]1)c1ccnc(-c2ccnc(N3CCOCC3)c2)c1. The van der Waals surface area contributed by atoms with Crippen molar-refractivity contribution in [2.45, 2.75) is 0 Å². The van der Waals surface area contributed by atoms with E-state index in [0.717, 1.165) is 35.5 Å². The number of imidazole rings is 1. The van der Waals surface area contributed by atoms with E-state index >= 15 is 0 Å². The van der Waals surface area contributed by atoms with Gasteiger partial charge in [0.25, 0.3) is 5.91 Å². The molecule has 0 saturated carbocycles. The largest absolute Gasteiger partial charge is 0.378 e. The number of hydrogen-bond acceptors (Lipinski definition) is 6. The molecule has 1 amide bonds. The minimum atomic E-state index is -0.250. The Balaban J connectivity index is 1.37. The number of carbonyl (C=O) groups is 1. The lowest BCUT2D eigenvalue weighted by atomic mass is 10.1. The zero-order valence-corrected chi connectivity index (χ0v) is 16.2. The second-order valence-corrected chi connectivity index (χ2v) is 6.99. The number of rotatable bonds is 4. The van der Waals surface area contributed by atoms with Gasteiger partial charge < -0.3 is 14.6 Å². The molecule has 0 bridgehead atoms. The average molecular weight is 400 g/mol. The Morgan fingerprint density at radius 1 is 1.03 bits per heavy atom. The standard InChI is InChI=1S/C22H20N6O2/c29-21(27-22-25-17-3-1-2-4-18(17)26-22)16-6-7-23-19(13-16)15-5-8-24-20(14-15)28-9-11-30-12-10-28/h1-8,13-14H,9-12H2,(H2,25,26,27,29). The third-order valence-electron chi connectivity index (χ3n) is 5.02. The molecule has 0 spiro atoms. The van der Waals surface area contributed by atoms with Gasteiger partial charge in [0, 0.05) is 36.6 Å². The van der Waals surface area contributed by atoms with Gasteiger partial charge in [-0.05, 0) is 36.4 Å². The van der Waals surface area contributed by atoms with Crippen LogP contribution >= 0.6 is 0 Å². The van der Waals surface area contributed by atoms with Gasteiger partial charge in [0.2, 0.25) is 5.95 Å². The predicted molar refractivity (Wildman–Crippen MR) is 115 cm³/mol. The summed E-state index contributed by atoms with van der Waals surface area (Å²) in [6, 6.07) is 15.0. The smallest absolute Gasteiger partial charge is 0.258 e. The van der Waals surface area contributed by atoms with Crippen LogP contribution in [0.2, 0.25) is 0 Å². The number of anilines is 2. The molecular weight excluding hydrogens is 380 g/mol. The average Bonchev–Trinajstić information content (AvgIpc) is 3.22. The zero-order chi connectivity index (χ0) is 20.3. The van der Waals surface area contributed by atoms with E-state index in [-0.39, 0.29) is 5.91 Å². The molecule has 0 radical (unpaired) electrons. The third kappa shape index (κ3) is 3.72. The lowest BCUT2D eigenvalue weighted by Crippen LogP contribution is -2.36. The van der Waals surface area contributed by atoms with E-state index in [2.05, 4.69) is 30.2 Å². The fourth-order valence-corrected chi connectivity index (χ4v) is 3.46. The summed E-state index contributed by atoms with van der Waals surface area (Å²) in [6.07, 6.45) is 3.40. The summed E-state index contributed by atoms with van der Waals surface area (Å²) in [4.78, 5) is 31.4. The quantitative estimate of drug-likeness (QED) is 0.546. The van der Waals surface area contributed by atoms with Crippen LogP contribution in [0.5, 0.6) is 0 Å². The van der Waals surface area contributed by atoms with E-state index < -0.39 is 0 Å². The van der Waals surface area contributed by atoms with Crippen molar-refractivity contribution in [3.8, 4) is 11.3 Å². The number of morpholine rings is 1. The molecule has 3 aromatic heterocycles. The van der Waals surface area contributed by atoms with Gasteiger partial charge in [-0.2, -0.15) is 0 Å². The molecule has 1 aromatic carbocycles. The molecule has 1 saturated heterocycles. The van der Waals surface area contributed by atoms with Crippen molar-refractivity contribution >= 4 is 28.7 Å². The fraction of sp³-hybridized carbons (Fsp3) is 0.182. The van der Waals surface area contributed by atoms with Crippen molar-refractivity contribution in [1.82, 2.24) is 19.9 Å². The molecule has 0 aliphatic carbocycles. The zero-order valence-electron chi connectivity index (χ0n) is 16.2. The number of fused-ring (bicyclic) bond motifs is 1. The van der Waals surface area contributed by atoms with Crippen LogP contribution in [0.1, 0.15) is 10.4 Å². The van der Waals surface area contributed by atoms with Crippen molar-refractivity contribution in [2.24, 2.45) is 0 Å². The molecule has 5 rings (SSSR count). The first-order valence-corrected chi connectivity index (χ1v) is 9.77. The van der Waals surface area contributed by atoms with Gasteiger partial charge in [0.15, 0.2) is 0 Å². The second-order valence-electron chi connectivity index (χ2n) is 6.99. The highest BCUT2D eigenvalue weighted by molar-refractivity contribution is 6.04. The molecule has 4 aromatic rings. The number of hydrogen-bond donors (Lipinski definition) is 2. The summed E-state index contributed by atoms with van der Waals surface area (Å²) in [5.41, 5.74) is 3.80. The maximum Gasteiger partial charge on any atom is 0.258 e. The van der Waals surface area contributed by atoms with E-state index in [9.17, 15) is 4.79 Å². The summed E-state index contributed by atoms with van der Waals surface area (Å²) in [5.74, 6) is 1.05. The fourth-order valence-electron chi connectivity index (χ4n) is 3.46.